The molecule has 0 bridgehead atoms. The van der Waals surface area contributed by atoms with Gasteiger partial charge in [-0.05, 0) is 72.2 Å². The lowest BCUT2D eigenvalue weighted by Gasteiger charge is -2.41. The molecule has 0 radical (unpaired) electrons. The number of anilines is 2. The van der Waals surface area contributed by atoms with Crippen molar-refractivity contribution in [2.75, 3.05) is 10.2 Å². The Kier molecular flexibility index (Phi) is 5.80. The van der Waals surface area contributed by atoms with E-state index in [4.69, 9.17) is 4.42 Å². The third-order valence-corrected chi connectivity index (χ3v) is 11.8. The number of hydrogen-bond donors (Lipinski definition) is 1. The second kappa shape index (κ2) is 10.1. The van der Waals surface area contributed by atoms with Crippen LogP contribution in [0.5, 0.6) is 0 Å². The van der Waals surface area contributed by atoms with Crippen molar-refractivity contribution in [3.05, 3.63) is 143 Å². The van der Waals surface area contributed by atoms with Crippen LogP contribution in [0.1, 0.15) is 43.1 Å². The summed E-state index contributed by atoms with van der Waals surface area (Å²) in [5.74, 6) is 1.58. The monoisotopic (exact) mass is 614 g/mol. The Labute approximate surface area is 272 Å². The fraction of sp³-hybridized carbons (Fsp3) is 0.190. The summed E-state index contributed by atoms with van der Waals surface area (Å²) in [6.07, 6.45) is 13.3. The molecule has 4 aliphatic rings. The maximum Gasteiger partial charge on any atom is 0.136 e. The zero-order chi connectivity index (χ0) is 30.4. The second-order valence-electron chi connectivity index (χ2n) is 13.1. The molecule has 6 aromatic rings. The number of para-hydroxylation sites is 2. The van der Waals surface area contributed by atoms with Crippen LogP contribution in [0, 0.1) is 5.92 Å². The lowest BCUT2D eigenvalue weighted by molar-refractivity contribution is 0.506. The Balaban J connectivity index is 1.22. The fourth-order valence-corrected chi connectivity index (χ4v) is 9.71. The number of fused-ring (bicyclic) bond motifs is 10. The van der Waals surface area contributed by atoms with Gasteiger partial charge in [0.1, 0.15) is 17.5 Å². The van der Waals surface area contributed by atoms with E-state index in [1.165, 1.54) is 59.3 Å². The van der Waals surface area contributed by atoms with Crippen LogP contribution >= 0.6 is 11.3 Å². The molecule has 46 heavy (non-hydrogen) atoms. The van der Waals surface area contributed by atoms with Crippen molar-refractivity contribution in [3.8, 4) is 0 Å². The van der Waals surface area contributed by atoms with Gasteiger partial charge in [0.25, 0.3) is 0 Å². The van der Waals surface area contributed by atoms with Gasteiger partial charge < -0.3 is 14.6 Å². The van der Waals surface area contributed by atoms with Gasteiger partial charge in [0.2, 0.25) is 0 Å². The number of nitrogens with zero attached hydrogens (tertiary/aromatic N) is 1. The smallest absolute Gasteiger partial charge is 0.136 e. The zero-order valence-electron chi connectivity index (χ0n) is 25.8. The van der Waals surface area contributed by atoms with Crippen molar-refractivity contribution in [1.29, 1.82) is 0 Å². The molecular formula is C42H34N2OS. The first-order valence-electron chi connectivity index (χ1n) is 16.6. The quantitative estimate of drug-likeness (QED) is 0.215. The number of rotatable bonds is 3. The average molecular weight is 615 g/mol. The van der Waals surface area contributed by atoms with Crippen molar-refractivity contribution in [2.45, 2.75) is 44.8 Å². The van der Waals surface area contributed by atoms with Crippen LogP contribution in [0.15, 0.2) is 131 Å². The molecule has 3 nitrogen and oxygen atoms in total. The van der Waals surface area contributed by atoms with E-state index in [0.29, 0.717) is 5.92 Å². The van der Waals surface area contributed by atoms with Crippen molar-refractivity contribution in [3.63, 3.8) is 0 Å². The summed E-state index contributed by atoms with van der Waals surface area (Å²) in [4.78, 5) is 2.73. The van der Waals surface area contributed by atoms with Crippen LogP contribution in [0.3, 0.4) is 0 Å². The van der Waals surface area contributed by atoms with Crippen LogP contribution in [0.25, 0.3) is 42.3 Å². The highest BCUT2D eigenvalue weighted by Gasteiger charge is 2.44. The van der Waals surface area contributed by atoms with Gasteiger partial charge in [-0.1, -0.05) is 97.5 Å². The zero-order valence-corrected chi connectivity index (χ0v) is 26.6. The molecule has 224 valence electrons. The van der Waals surface area contributed by atoms with E-state index in [-0.39, 0.29) is 12.2 Å². The predicted octanol–water partition coefficient (Wildman–Crippen LogP) is 11.1. The van der Waals surface area contributed by atoms with Crippen LogP contribution in [-0.4, -0.2) is 12.2 Å². The number of furan rings is 1. The molecule has 0 fully saturated rings. The predicted molar refractivity (Wildman–Crippen MR) is 195 cm³/mol. The highest BCUT2D eigenvalue weighted by molar-refractivity contribution is 7.25. The normalized spacial score (nSPS) is 21.8. The largest absolute Gasteiger partial charge is 0.458 e. The molecule has 3 unspecified atom stereocenters. The first-order valence-corrected chi connectivity index (χ1v) is 17.4. The van der Waals surface area contributed by atoms with Gasteiger partial charge >= 0.3 is 0 Å². The molecule has 0 spiro atoms. The van der Waals surface area contributed by atoms with Crippen LogP contribution < -0.4 is 10.2 Å². The maximum absolute atomic E-state index is 6.62. The molecule has 1 N–H and O–H groups in total. The van der Waals surface area contributed by atoms with Gasteiger partial charge in [0, 0.05) is 48.8 Å². The maximum atomic E-state index is 6.62. The highest BCUT2D eigenvalue weighted by atomic mass is 32.1. The van der Waals surface area contributed by atoms with Gasteiger partial charge in [0.15, 0.2) is 0 Å². The highest BCUT2D eigenvalue weighted by Crippen LogP contribution is 2.52. The van der Waals surface area contributed by atoms with Crippen molar-refractivity contribution in [2.24, 2.45) is 5.92 Å². The van der Waals surface area contributed by atoms with Crippen LogP contribution in [-0.2, 0) is 6.42 Å². The minimum Gasteiger partial charge on any atom is -0.458 e. The SMILES string of the molecule is CCC1=C(c2ccc3c(c2)sc2ccccc23)C(N2c3ccccc3C3=CC4=CC=CCC4CC32)Nc2c(oc3ccccc23)C1. The summed E-state index contributed by atoms with van der Waals surface area (Å²) in [5, 5.41) is 8.02. The van der Waals surface area contributed by atoms with E-state index in [0.717, 1.165) is 48.1 Å². The Bertz CT molecular complexity index is 2350. The Morgan fingerprint density at radius 2 is 1.72 bits per heavy atom. The minimum atomic E-state index is -0.0641. The summed E-state index contributed by atoms with van der Waals surface area (Å²) in [7, 11) is 0. The summed E-state index contributed by atoms with van der Waals surface area (Å²) in [6, 6.07) is 33.9. The number of hydrogen-bond acceptors (Lipinski definition) is 4. The number of benzene rings is 4. The Hall–Kier alpha value is -4.80. The molecule has 0 amide bonds. The molecule has 2 aliphatic carbocycles. The average Bonchev–Trinajstić information content (AvgIpc) is 3.71. The molecule has 0 saturated carbocycles. The van der Waals surface area contributed by atoms with Crippen LogP contribution in [0.4, 0.5) is 11.4 Å². The number of thiophene rings is 1. The van der Waals surface area contributed by atoms with E-state index in [1.807, 2.05) is 11.3 Å². The Morgan fingerprint density at radius 1 is 0.891 bits per heavy atom. The standard InChI is InChI=1S/C42H34N2OS/c1-2-25-23-37-41(32-15-6-9-17-36(32)45-37)43-42(40(25)28-19-20-31-30-14-7-10-18-38(30)46-39(31)24-28)44-34-16-8-5-13-29(34)33-21-26-11-3-4-12-27(26)22-35(33)44/h3-11,13-21,24,27,35,42-43H,2,12,22-23H2,1H3. The summed E-state index contributed by atoms with van der Waals surface area (Å²) in [5.41, 5.74) is 11.8. The van der Waals surface area contributed by atoms with E-state index in [2.05, 4.69) is 132 Å². The fourth-order valence-electron chi connectivity index (χ4n) is 8.56. The third-order valence-electron chi connectivity index (χ3n) is 10.7. The first kappa shape index (κ1) is 26.4. The van der Waals surface area contributed by atoms with Gasteiger partial charge in [-0.2, -0.15) is 0 Å². The van der Waals surface area contributed by atoms with E-state index >= 15 is 0 Å². The summed E-state index contributed by atoms with van der Waals surface area (Å²) < 4.78 is 9.30. The van der Waals surface area contributed by atoms with E-state index < -0.39 is 0 Å². The number of nitrogens with one attached hydrogen (secondary N) is 1. The van der Waals surface area contributed by atoms with Gasteiger partial charge in [-0.3, -0.25) is 0 Å². The molecule has 2 aliphatic heterocycles. The van der Waals surface area contributed by atoms with Crippen molar-refractivity contribution in [1.82, 2.24) is 0 Å². The summed E-state index contributed by atoms with van der Waals surface area (Å²) >= 11 is 1.90. The summed E-state index contributed by atoms with van der Waals surface area (Å²) in [6.45, 7) is 2.31. The van der Waals surface area contributed by atoms with Gasteiger partial charge in [-0.15, -0.1) is 11.3 Å². The first-order chi connectivity index (χ1) is 22.7. The molecule has 2 aromatic heterocycles. The van der Waals surface area contributed by atoms with E-state index in [9.17, 15) is 0 Å². The minimum absolute atomic E-state index is 0.0641. The molecule has 3 atom stereocenters. The molecule has 4 heteroatoms. The van der Waals surface area contributed by atoms with E-state index in [1.54, 1.807) is 0 Å². The Morgan fingerprint density at radius 3 is 2.65 bits per heavy atom. The molecule has 0 saturated heterocycles. The second-order valence-corrected chi connectivity index (χ2v) is 14.2. The van der Waals surface area contributed by atoms with Crippen molar-refractivity contribution < 1.29 is 4.42 Å². The van der Waals surface area contributed by atoms with Gasteiger partial charge in [-0.25, -0.2) is 0 Å². The third kappa shape index (κ3) is 3.83. The van der Waals surface area contributed by atoms with Crippen molar-refractivity contribution >= 4 is 65.0 Å². The lowest BCUT2D eigenvalue weighted by atomic mass is 9.77. The molecule has 10 rings (SSSR count). The van der Waals surface area contributed by atoms with Crippen LogP contribution in [0.2, 0.25) is 0 Å². The molecular weight excluding hydrogens is 581 g/mol. The molecule has 4 heterocycles. The topological polar surface area (TPSA) is 28.4 Å². The van der Waals surface area contributed by atoms with Gasteiger partial charge in [0.05, 0.1) is 11.7 Å². The lowest BCUT2D eigenvalue weighted by Crippen LogP contribution is -2.47. The molecule has 4 aromatic carbocycles. The number of allylic oxidation sites excluding steroid dienone is 6.